The highest BCUT2D eigenvalue weighted by Gasteiger charge is 2.12. The lowest BCUT2D eigenvalue weighted by molar-refractivity contribution is 0.0694. The fraction of sp³-hybridized carbons (Fsp3) is 0.267. The number of hydrogen-bond donors (Lipinski definition) is 2. The van der Waals surface area contributed by atoms with E-state index in [2.05, 4.69) is 30.4 Å². The molecule has 0 saturated heterocycles. The van der Waals surface area contributed by atoms with Gasteiger partial charge in [0.1, 0.15) is 11.3 Å². The zero-order valence-electron chi connectivity index (χ0n) is 10.8. The highest BCUT2D eigenvalue weighted by atomic mass is 16.4. The zero-order valence-corrected chi connectivity index (χ0v) is 10.8. The molecule has 0 saturated carbocycles. The number of rotatable bonds is 6. The number of aryl methyl sites for hydroxylation is 1. The van der Waals surface area contributed by atoms with Crippen LogP contribution in [0.25, 0.3) is 0 Å². The van der Waals surface area contributed by atoms with Crippen molar-refractivity contribution in [1.82, 2.24) is 5.32 Å². The van der Waals surface area contributed by atoms with Gasteiger partial charge < -0.3 is 14.8 Å². The molecule has 0 aliphatic heterocycles. The first kappa shape index (κ1) is 13.4. The SMILES string of the molecule is Cc1cccc(CCNCc2occc2C(=O)O)c1. The minimum Gasteiger partial charge on any atom is -0.478 e. The van der Waals surface area contributed by atoms with E-state index in [-0.39, 0.29) is 5.56 Å². The number of hydrogen-bond acceptors (Lipinski definition) is 3. The lowest BCUT2D eigenvalue weighted by Crippen LogP contribution is -2.17. The van der Waals surface area contributed by atoms with E-state index in [1.54, 1.807) is 0 Å². The van der Waals surface area contributed by atoms with Crippen LogP contribution in [-0.4, -0.2) is 17.6 Å². The lowest BCUT2D eigenvalue weighted by Gasteiger charge is -2.05. The molecule has 1 heterocycles. The van der Waals surface area contributed by atoms with E-state index in [0.717, 1.165) is 13.0 Å². The first-order valence-corrected chi connectivity index (χ1v) is 6.23. The molecule has 100 valence electrons. The molecule has 1 aromatic carbocycles. The summed E-state index contributed by atoms with van der Waals surface area (Å²) in [6.45, 7) is 3.28. The van der Waals surface area contributed by atoms with Gasteiger partial charge >= 0.3 is 5.97 Å². The third-order valence-corrected chi connectivity index (χ3v) is 2.93. The second kappa shape index (κ2) is 6.20. The van der Waals surface area contributed by atoms with Crippen molar-refractivity contribution in [3.63, 3.8) is 0 Å². The molecular formula is C15H17NO3. The maximum absolute atomic E-state index is 10.9. The summed E-state index contributed by atoms with van der Waals surface area (Å²) in [6, 6.07) is 9.82. The van der Waals surface area contributed by atoms with Crippen molar-refractivity contribution in [3.05, 3.63) is 59.0 Å². The summed E-state index contributed by atoms with van der Waals surface area (Å²) in [5.41, 5.74) is 2.74. The molecule has 0 bridgehead atoms. The van der Waals surface area contributed by atoms with E-state index in [1.165, 1.54) is 23.5 Å². The molecule has 0 fully saturated rings. The van der Waals surface area contributed by atoms with Crippen molar-refractivity contribution in [1.29, 1.82) is 0 Å². The van der Waals surface area contributed by atoms with E-state index >= 15 is 0 Å². The standard InChI is InChI=1S/C15H17NO3/c1-11-3-2-4-12(9-11)5-7-16-10-14-13(15(17)18)6-8-19-14/h2-4,6,8-9,16H,5,7,10H2,1H3,(H,17,18). The zero-order chi connectivity index (χ0) is 13.7. The number of carbonyl (C=O) groups is 1. The van der Waals surface area contributed by atoms with Crippen molar-refractivity contribution in [3.8, 4) is 0 Å². The normalized spacial score (nSPS) is 10.6. The Balaban J connectivity index is 1.81. The Kier molecular flexibility index (Phi) is 4.36. The van der Waals surface area contributed by atoms with Crippen molar-refractivity contribution < 1.29 is 14.3 Å². The van der Waals surface area contributed by atoms with Gasteiger partial charge in [-0.2, -0.15) is 0 Å². The number of carboxylic acid groups (broad SMARTS) is 1. The second-order valence-electron chi connectivity index (χ2n) is 4.48. The Hall–Kier alpha value is -2.07. The number of benzene rings is 1. The van der Waals surface area contributed by atoms with Gasteiger partial charge in [-0.05, 0) is 31.5 Å². The van der Waals surface area contributed by atoms with Gasteiger partial charge in [0.2, 0.25) is 0 Å². The van der Waals surface area contributed by atoms with Gasteiger partial charge in [-0.3, -0.25) is 0 Å². The average Bonchev–Trinajstić information content (AvgIpc) is 2.83. The van der Waals surface area contributed by atoms with E-state index in [4.69, 9.17) is 9.52 Å². The highest BCUT2D eigenvalue weighted by molar-refractivity contribution is 5.88. The minimum atomic E-state index is -0.954. The van der Waals surface area contributed by atoms with Crippen LogP contribution < -0.4 is 5.32 Å². The molecule has 2 rings (SSSR count). The van der Waals surface area contributed by atoms with Gasteiger partial charge in [-0.25, -0.2) is 4.79 Å². The van der Waals surface area contributed by atoms with Crippen molar-refractivity contribution >= 4 is 5.97 Å². The smallest absolute Gasteiger partial charge is 0.339 e. The second-order valence-corrected chi connectivity index (χ2v) is 4.48. The maximum Gasteiger partial charge on any atom is 0.339 e. The van der Waals surface area contributed by atoms with Crippen LogP contribution in [0.1, 0.15) is 27.2 Å². The monoisotopic (exact) mass is 259 g/mol. The third-order valence-electron chi connectivity index (χ3n) is 2.93. The van der Waals surface area contributed by atoms with Crippen LogP contribution in [0.15, 0.2) is 41.0 Å². The molecule has 0 spiro atoms. The fourth-order valence-corrected chi connectivity index (χ4v) is 1.97. The van der Waals surface area contributed by atoms with E-state index in [1.807, 2.05) is 6.07 Å². The van der Waals surface area contributed by atoms with Crippen LogP contribution >= 0.6 is 0 Å². The molecular weight excluding hydrogens is 242 g/mol. The first-order chi connectivity index (χ1) is 9.16. The van der Waals surface area contributed by atoms with Crippen LogP contribution in [0, 0.1) is 6.92 Å². The molecule has 0 unspecified atom stereocenters. The number of furan rings is 1. The first-order valence-electron chi connectivity index (χ1n) is 6.23. The number of aromatic carboxylic acids is 1. The Morgan fingerprint density at radius 1 is 1.37 bits per heavy atom. The van der Waals surface area contributed by atoms with Crippen molar-refractivity contribution in [2.75, 3.05) is 6.54 Å². The van der Waals surface area contributed by atoms with E-state index in [0.29, 0.717) is 12.3 Å². The van der Waals surface area contributed by atoms with E-state index < -0.39 is 5.97 Å². The third kappa shape index (κ3) is 3.69. The predicted molar refractivity (Wildman–Crippen MR) is 72.3 cm³/mol. The molecule has 19 heavy (non-hydrogen) atoms. The van der Waals surface area contributed by atoms with Crippen LogP contribution in [-0.2, 0) is 13.0 Å². The summed E-state index contributed by atoms with van der Waals surface area (Å²) in [4.78, 5) is 10.9. The molecule has 0 atom stereocenters. The Morgan fingerprint density at radius 3 is 2.95 bits per heavy atom. The largest absolute Gasteiger partial charge is 0.478 e. The van der Waals surface area contributed by atoms with Crippen LogP contribution in [0.4, 0.5) is 0 Å². The summed E-state index contributed by atoms with van der Waals surface area (Å²) in [5, 5.41) is 12.1. The number of nitrogens with one attached hydrogen (secondary N) is 1. The number of carboxylic acids is 1. The van der Waals surface area contributed by atoms with Crippen molar-refractivity contribution in [2.45, 2.75) is 19.9 Å². The highest BCUT2D eigenvalue weighted by Crippen LogP contribution is 2.10. The Labute approximate surface area is 112 Å². The molecule has 1 aromatic heterocycles. The Bertz CT molecular complexity index is 560. The average molecular weight is 259 g/mol. The molecule has 2 N–H and O–H groups in total. The minimum absolute atomic E-state index is 0.225. The van der Waals surface area contributed by atoms with Crippen LogP contribution in [0.5, 0.6) is 0 Å². The van der Waals surface area contributed by atoms with Gasteiger partial charge in [0.15, 0.2) is 0 Å². The lowest BCUT2D eigenvalue weighted by atomic mass is 10.1. The quantitative estimate of drug-likeness (QED) is 0.783. The van der Waals surface area contributed by atoms with Crippen LogP contribution in [0.2, 0.25) is 0 Å². The summed E-state index contributed by atoms with van der Waals surface area (Å²) < 4.78 is 5.15. The van der Waals surface area contributed by atoms with Gasteiger partial charge in [-0.1, -0.05) is 29.8 Å². The molecule has 4 heteroatoms. The molecule has 0 aliphatic carbocycles. The van der Waals surface area contributed by atoms with Gasteiger partial charge in [0.25, 0.3) is 0 Å². The predicted octanol–water partition coefficient (Wildman–Crippen LogP) is 2.62. The topological polar surface area (TPSA) is 62.5 Å². The molecule has 2 aromatic rings. The van der Waals surface area contributed by atoms with Gasteiger partial charge in [0.05, 0.1) is 12.8 Å². The maximum atomic E-state index is 10.9. The molecule has 0 radical (unpaired) electrons. The summed E-state index contributed by atoms with van der Waals surface area (Å²) in [5.74, 6) is -0.485. The van der Waals surface area contributed by atoms with Crippen LogP contribution in [0.3, 0.4) is 0 Å². The summed E-state index contributed by atoms with van der Waals surface area (Å²) >= 11 is 0. The summed E-state index contributed by atoms with van der Waals surface area (Å²) in [6.07, 6.45) is 2.31. The van der Waals surface area contributed by atoms with Gasteiger partial charge in [0, 0.05) is 0 Å². The van der Waals surface area contributed by atoms with E-state index in [9.17, 15) is 4.79 Å². The van der Waals surface area contributed by atoms with Crippen molar-refractivity contribution in [2.24, 2.45) is 0 Å². The molecule has 4 nitrogen and oxygen atoms in total. The molecule has 0 aliphatic rings. The fourth-order valence-electron chi connectivity index (χ4n) is 1.97. The van der Waals surface area contributed by atoms with Gasteiger partial charge in [-0.15, -0.1) is 0 Å². The summed E-state index contributed by atoms with van der Waals surface area (Å²) in [7, 11) is 0. The molecule has 0 amide bonds. The Morgan fingerprint density at radius 2 is 2.21 bits per heavy atom.